The molecule has 0 aliphatic heterocycles. The minimum atomic E-state index is 0.327. The van der Waals surface area contributed by atoms with Crippen LogP contribution in [0.5, 0.6) is 0 Å². The molecule has 1 atom stereocenters. The first kappa shape index (κ1) is 11.5. The van der Waals surface area contributed by atoms with E-state index in [0.717, 1.165) is 9.37 Å². The molecule has 0 spiro atoms. The van der Waals surface area contributed by atoms with Crippen LogP contribution in [0.1, 0.15) is 18.5 Å². The molecule has 1 N–H and O–H groups in total. The van der Waals surface area contributed by atoms with Gasteiger partial charge < -0.3 is 5.32 Å². The first-order valence-electron chi connectivity index (χ1n) is 4.87. The molecule has 0 saturated heterocycles. The van der Waals surface area contributed by atoms with Crippen LogP contribution in [0.2, 0.25) is 0 Å². The summed E-state index contributed by atoms with van der Waals surface area (Å²) in [7, 11) is 1.94. The Morgan fingerprint density at radius 3 is 2.81 bits per heavy atom. The maximum atomic E-state index is 4.38. The molecular formula is C10H12N4S2. The molecule has 16 heavy (non-hydrogen) atoms. The predicted octanol–water partition coefficient (Wildman–Crippen LogP) is 2.36. The summed E-state index contributed by atoms with van der Waals surface area (Å²) in [6, 6.07) is 4.42. The van der Waals surface area contributed by atoms with E-state index in [9.17, 15) is 0 Å². The lowest BCUT2D eigenvalue weighted by atomic mass is 10.1. The summed E-state index contributed by atoms with van der Waals surface area (Å²) in [6.45, 7) is 2.11. The summed E-state index contributed by atoms with van der Waals surface area (Å²) in [6.07, 6.45) is 3.45. The number of rotatable bonds is 4. The van der Waals surface area contributed by atoms with Crippen molar-refractivity contribution in [3.05, 3.63) is 30.2 Å². The van der Waals surface area contributed by atoms with Crippen LogP contribution in [0.15, 0.2) is 34.0 Å². The van der Waals surface area contributed by atoms with Crippen LogP contribution in [0.3, 0.4) is 0 Å². The van der Waals surface area contributed by atoms with Crippen LogP contribution >= 0.6 is 23.3 Å². The van der Waals surface area contributed by atoms with Crippen molar-refractivity contribution in [2.45, 2.75) is 22.3 Å². The lowest BCUT2D eigenvalue weighted by molar-refractivity contribution is 0.648. The lowest BCUT2D eigenvalue weighted by Gasteiger charge is -2.09. The predicted molar refractivity (Wildman–Crippen MR) is 65.7 cm³/mol. The molecule has 6 heteroatoms. The number of hydrogen-bond donors (Lipinski definition) is 1. The van der Waals surface area contributed by atoms with E-state index in [1.165, 1.54) is 28.9 Å². The maximum absolute atomic E-state index is 4.38. The minimum Gasteiger partial charge on any atom is -0.313 e. The van der Waals surface area contributed by atoms with Crippen LogP contribution in [-0.2, 0) is 0 Å². The Kier molecular flexibility index (Phi) is 3.87. The lowest BCUT2D eigenvalue weighted by Crippen LogP contribution is -2.12. The number of pyridine rings is 1. The van der Waals surface area contributed by atoms with Crippen molar-refractivity contribution in [3.8, 4) is 0 Å². The zero-order valence-corrected chi connectivity index (χ0v) is 10.7. The van der Waals surface area contributed by atoms with E-state index in [-0.39, 0.29) is 0 Å². The zero-order valence-electron chi connectivity index (χ0n) is 9.04. The first-order chi connectivity index (χ1) is 7.79. The molecule has 0 saturated carbocycles. The third-order valence-electron chi connectivity index (χ3n) is 2.23. The highest BCUT2D eigenvalue weighted by molar-refractivity contribution is 8.00. The van der Waals surface area contributed by atoms with Gasteiger partial charge in [-0.05, 0) is 48.9 Å². The van der Waals surface area contributed by atoms with E-state index in [1.54, 1.807) is 6.33 Å². The number of nitrogens with zero attached hydrogens (tertiary/aromatic N) is 3. The Balaban J connectivity index is 2.07. The highest BCUT2D eigenvalue weighted by Crippen LogP contribution is 2.26. The fourth-order valence-electron chi connectivity index (χ4n) is 1.17. The molecule has 0 aliphatic carbocycles. The minimum absolute atomic E-state index is 0.327. The van der Waals surface area contributed by atoms with E-state index in [0.29, 0.717) is 6.04 Å². The van der Waals surface area contributed by atoms with Crippen molar-refractivity contribution in [2.75, 3.05) is 7.05 Å². The molecule has 0 amide bonds. The average Bonchev–Trinajstić information content (AvgIpc) is 2.82. The summed E-state index contributed by atoms with van der Waals surface area (Å²) in [4.78, 5) is 8.49. The van der Waals surface area contributed by atoms with E-state index in [4.69, 9.17) is 0 Å². The summed E-state index contributed by atoms with van der Waals surface area (Å²) < 4.78 is 4.87. The van der Waals surface area contributed by atoms with Crippen molar-refractivity contribution in [1.82, 2.24) is 19.7 Å². The number of hydrogen-bond acceptors (Lipinski definition) is 6. The van der Waals surface area contributed by atoms with Crippen LogP contribution < -0.4 is 5.32 Å². The quantitative estimate of drug-likeness (QED) is 0.905. The molecule has 2 aromatic heterocycles. The van der Waals surface area contributed by atoms with Gasteiger partial charge in [-0.25, -0.2) is 9.97 Å². The van der Waals surface area contributed by atoms with E-state index in [2.05, 4.69) is 32.6 Å². The molecule has 84 valence electrons. The Morgan fingerprint density at radius 1 is 1.38 bits per heavy atom. The van der Waals surface area contributed by atoms with Crippen LogP contribution in [-0.4, -0.2) is 21.4 Å². The molecule has 4 nitrogen and oxygen atoms in total. The van der Waals surface area contributed by atoms with Gasteiger partial charge in [0.25, 0.3) is 0 Å². The molecular weight excluding hydrogens is 240 g/mol. The molecule has 2 heterocycles. The van der Waals surface area contributed by atoms with Crippen molar-refractivity contribution in [2.24, 2.45) is 0 Å². The zero-order chi connectivity index (χ0) is 11.4. The van der Waals surface area contributed by atoms with E-state index >= 15 is 0 Å². The Hall–Kier alpha value is -0.980. The van der Waals surface area contributed by atoms with Gasteiger partial charge in [0.2, 0.25) is 0 Å². The van der Waals surface area contributed by atoms with E-state index < -0.39 is 0 Å². The van der Waals surface area contributed by atoms with Crippen molar-refractivity contribution in [3.63, 3.8) is 0 Å². The second-order valence-corrected chi connectivity index (χ2v) is 5.30. The fraction of sp³-hybridized carbons (Fsp3) is 0.300. The number of aromatic nitrogens is 3. The van der Waals surface area contributed by atoms with Gasteiger partial charge in [0.1, 0.15) is 11.4 Å². The Morgan fingerprint density at radius 2 is 2.25 bits per heavy atom. The molecule has 0 fully saturated rings. The average molecular weight is 252 g/mol. The van der Waals surface area contributed by atoms with Crippen LogP contribution in [0, 0.1) is 0 Å². The Bertz CT molecular complexity index is 427. The highest BCUT2D eigenvalue weighted by atomic mass is 32.2. The third kappa shape index (κ3) is 2.78. The smallest absolute Gasteiger partial charge is 0.175 e. The monoisotopic (exact) mass is 252 g/mol. The molecule has 2 aromatic rings. The molecule has 1 unspecified atom stereocenters. The highest BCUT2D eigenvalue weighted by Gasteiger charge is 2.05. The number of nitrogens with one attached hydrogen (secondary N) is 1. The van der Waals surface area contributed by atoms with Gasteiger partial charge in [0.05, 0.1) is 0 Å². The first-order valence-corrected chi connectivity index (χ1v) is 6.46. The second kappa shape index (κ2) is 5.38. The van der Waals surface area contributed by atoms with Gasteiger partial charge in [0, 0.05) is 12.2 Å². The molecule has 0 radical (unpaired) electrons. The Labute approximate surface area is 103 Å². The maximum Gasteiger partial charge on any atom is 0.175 e. The topological polar surface area (TPSA) is 50.7 Å². The molecule has 0 aliphatic rings. The SMILES string of the molecule is CNC(C)c1ccc(Sc2ncns2)nc1. The second-order valence-electron chi connectivity index (χ2n) is 3.25. The summed E-state index contributed by atoms with van der Waals surface area (Å²) >= 11 is 2.92. The fourth-order valence-corrected chi connectivity index (χ4v) is 2.51. The third-order valence-corrected chi connectivity index (χ3v) is 3.89. The molecule has 2 rings (SSSR count). The summed E-state index contributed by atoms with van der Waals surface area (Å²) in [5.74, 6) is 0. The van der Waals surface area contributed by atoms with Crippen molar-refractivity contribution >= 4 is 23.3 Å². The van der Waals surface area contributed by atoms with Gasteiger partial charge in [-0.2, -0.15) is 4.37 Å². The van der Waals surface area contributed by atoms with Crippen molar-refractivity contribution < 1.29 is 0 Å². The van der Waals surface area contributed by atoms with Crippen molar-refractivity contribution in [1.29, 1.82) is 0 Å². The van der Waals surface area contributed by atoms with Gasteiger partial charge in [-0.3, -0.25) is 0 Å². The van der Waals surface area contributed by atoms with Gasteiger partial charge in [-0.1, -0.05) is 6.07 Å². The summed E-state index contributed by atoms with van der Waals surface area (Å²) in [5.41, 5.74) is 1.18. The molecule has 0 aromatic carbocycles. The summed E-state index contributed by atoms with van der Waals surface area (Å²) in [5, 5.41) is 4.13. The van der Waals surface area contributed by atoms with Gasteiger partial charge >= 0.3 is 0 Å². The molecule has 0 bridgehead atoms. The van der Waals surface area contributed by atoms with Gasteiger partial charge in [0.15, 0.2) is 4.34 Å². The van der Waals surface area contributed by atoms with E-state index in [1.807, 2.05) is 19.3 Å². The van der Waals surface area contributed by atoms with Gasteiger partial charge in [-0.15, -0.1) is 0 Å². The normalized spacial score (nSPS) is 12.6. The van der Waals surface area contributed by atoms with Crippen LogP contribution in [0.4, 0.5) is 0 Å². The van der Waals surface area contributed by atoms with Crippen LogP contribution in [0.25, 0.3) is 0 Å². The largest absolute Gasteiger partial charge is 0.313 e. The standard InChI is InChI=1S/C10H12N4S2/c1-7(11-2)8-3-4-9(12-5-8)15-10-13-6-14-16-10/h3-7,11H,1-2H3.